The van der Waals surface area contributed by atoms with Gasteiger partial charge in [0.2, 0.25) is 27.5 Å². The molecule has 2 N–H and O–H groups in total. The van der Waals surface area contributed by atoms with Crippen LogP contribution in [0.4, 0.5) is 4.39 Å². The minimum Gasteiger partial charge on any atom is -0.366 e. The summed E-state index contributed by atoms with van der Waals surface area (Å²) >= 11 is 12.1. The number of rotatable bonds is 6. The van der Waals surface area contributed by atoms with E-state index in [1.54, 1.807) is 13.8 Å². The van der Waals surface area contributed by atoms with Crippen LogP contribution in [0.1, 0.15) is 19.4 Å². The summed E-state index contributed by atoms with van der Waals surface area (Å²) in [5.41, 5.74) is 4.08. The van der Waals surface area contributed by atoms with Crippen molar-refractivity contribution in [1.29, 1.82) is 0 Å². The molecule has 37 heavy (non-hydrogen) atoms. The first-order valence-electron chi connectivity index (χ1n) is 11.2. The van der Waals surface area contributed by atoms with Gasteiger partial charge in [-0.1, -0.05) is 35.3 Å². The van der Waals surface area contributed by atoms with E-state index in [0.29, 0.717) is 5.56 Å². The molecule has 2 unspecified atom stereocenters. The molecule has 2 aliphatic rings. The highest BCUT2D eigenvalue weighted by Gasteiger charge is 2.64. The lowest BCUT2D eigenvalue weighted by Crippen LogP contribution is -2.83. The van der Waals surface area contributed by atoms with Gasteiger partial charge in [0, 0.05) is 24.0 Å². The molecule has 2 aromatic carbocycles. The fourth-order valence-electron chi connectivity index (χ4n) is 4.68. The largest absolute Gasteiger partial charge is 0.366 e. The number of benzene rings is 2. The number of nitrogens with two attached hydrogens (primary N) is 1. The van der Waals surface area contributed by atoms with Crippen molar-refractivity contribution in [2.45, 2.75) is 42.9 Å². The molecule has 2 heterocycles. The predicted molar refractivity (Wildman–Crippen MR) is 133 cm³/mol. The molecule has 2 aromatic rings. The van der Waals surface area contributed by atoms with Crippen LogP contribution in [-0.2, 0) is 30.8 Å². The lowest BCUT2D eigenvalue weighted by atomic mass is 9.90. The van der Waals surface area contributed by atoms with Crippen molar-refractivity contribution in [3.05, 3.63) is 70.3 Å². The third-order valence-corrected chi connectivity index (χ3v) is 9.08. The second kappa shape index (κ2) is 9.86. The molecule has 0 aliphatic carbocycles. The van der Waals surface area contributed by atoms with Gasteiger partial charge in [-0.15, -0.1) is 0 Å². The standard InChI is InChI=1S/C24H23Cl2FN4O5S/c1-14(2)29-13-24(23(28)34)30(37(35,36)20-8-5-16(25)12-18(20)26)10-9-21(32)31(24)19(22(29)33)11-15-3-6-17(27)7-4-15/h3-8,12,14,19H,10-11,13H2,1-2H3,(H2,28,34). The highest BCUT2D eigenvalue weighted by atomic mass is 35.5. The van der Waals surface area contributed by atoms with E-state index in [9.17, 15) is 27.2 Å². The summed E-state index contributed by atoms with van der Waals surface area (Å²) in [4.78, 5) is 41.9. The molecule has 9 nitrogen and oxygen atoms in total. The van der Waals surface area contributed by atoms with Gasteiger partial charge < -0.3 is 15.5 Å². The molecule has 2 saturated heterocycles. The van der Waals surface area contributed by atoms with E-state index in [1.165, 1.54) is 47.4 Å². The Hall–Kier alpha value is -2.73. The van der Waals surface area contributed by atoms with Crippen LogP contribution in [0.3, 0.4) is 0 Å². The second-order valence-electron chi connectivity index (χ2n) is 9.03. The Morgan fingerprint density at radius 3 is 2.41 bits per heavy atom. The first kappa shape index (κ1) is 27.3. The Morgan fingerprint density at radius 1 is 1.19 bits per heavy atom. The number of carbonyl (C=O) groups excluding carboxylic acids is 3. The molecule has 4 rings (SSSR count). The van der Waals surface area contributed by atoms with Gasteiger partial charge in [0.25, 0.3) is 5.91 Å². The highest BCUT2D eigenvalue weighted by molar-refractivity contribution is 7.89. The summed E-state index contributed by atoms with van der Waals surface area (Å²) in [6.45, 7) is 2.27. The Balaban J connectivity index is 1.92. The third kappa shape index (κ3) is 4.58. The topological polar surface area (TPSA) is 121 Å². The first-order chi connectivity index (χ1) is 17.3. The van der Waals surface area contributed by atoms with Gasteiger partial charge in [0.1, 0.15) is 16.8 Å². The number of sulfonamides is 1. The fraction of sp³-hybridized carbons (Fsp3) is 0.333. The van der Waals surface area contributed by atoms with E-state index < -0.39 is 64.4 Å². The number of carbonyl (C=O) groups is 3. The van der Waals surface area contributed by atoms with Crippen molar-refractivity contribution in [3.63, 3.8) is 0 Å². The van der Waals surface area contributed by atoms with E-state index in [0.717, 1.165) is 9.21 Å². The Labute approximate surface area is 223 Å². The van der Waals surface area contributed by atoms with Crippen LogP contribution in [0.25, 0.3) is 0 Å². The molecule has 3 amide bonds. The zero-order chi connectivity index (χ0) is 27.3. The molecule has 2 radical (unpaired) electrons. The summed E-state index contributed by atoms with van der Waals surface area (Å²) in [5.74, 6) is -3.02. The summed E-state index contributed by atoms with van der Waals surface area (Å²) in [7, 11) is -4.58. The summed E-state index contributed by atoms with van der Waals surface area (Å²) < 4.78 is 42.1. The zero-order valence-corrected chi connectivity index (χ0v) is 22.1. The van der Waals surface area contributed by atoms with Crippen molar-refractivity contribution in [2.75, 3.05) is 13.1 Å². The number of hydrogen-bond acceptors (Lipinski definition) is 5. The van der Waals surface area contributed by atoms with Gasteiger partial charge in [-0.05, 0) is 49.7 Å². The molecule has 2 aliphatic heterocycles. The maximum atomic E-state index is 13.9. The van der Waals surface area contributed by atoms with Crippen molar-refractivity contribution in [3.8, 4) is 0 Å². The summed E-state index contributed by atoms with van der Waals surface area (Å²) in [6, 6.07) is 7.19. The molecule has 0 bridgehead atoms. The zero-order valence-electron chi connectivity index (χ0n) is 19.8. The Kier molecular flexibility index (Phi) is 7.28. The minimum absolute atomic E-state index is 0.125. The maximum absolute atomic E-state index is 13.9. The van der Waals surface area contributed by atoms with E-state index in [1.807, 2.05) is 0 Å². The molecule has 2 fully saturated rings. The van der Waals surface area contributed by atoms with Crippen molar-refractivity contribution < 1.29 is 27.2 Å². The van der Waals surface area contributed by atoms with E-state index in [2.05, 4.69) is 6.42 Å². The third-order valence-electron chi connectivity index (χ3n) is 6.50. The number of nitrogens with zero attached hydrogens (tertiary/aromatic N) is 3. The van der Waals surface area contributed by atoms with Gasteiger partial charge in [-0.25, -0.2) is 12.8 Å². The molecule has 13 heteroatoms. The van der Waals surface area contributed by atoms with Gasteiger partial charge in [0.15, 0.2) is 0 Å². The Morgan fingerprint density at radius 2 is 1.84 bits per heavy atom. The first-order valence-corrected chi connectivity index (χ1v) is 13.4. The maximum Gasteiger partial charge on any atom is 0.261 e. The number of fused-ring (bicyclic) bond motifs is 1. The van der Waals surface area contributed by atoms with Gasteiger partial charge in [-0.3, -0.25) is 14.4 Å². The molecule has 196 valence electrons. The van der Waals surface area contributed by atoms with Crippen LogP contribution in [0, 0.1) is 12.2 Å². The molecule has 0 saturated carbocycles. The summed E-state index contributed by atoms with van der Waals surface area (Å²) in [6.07, 6.45) is 2.31. The number of piperazine rings is 1. The van der Waals surface area contributed by atoms with E-state index >= 15 is 0 Å². The lowest BCUT2D eigenvalue weighted by Gasteiger charge is -2.58. The average Bonchev–Trinajstić information content (AvgIpc) is 2.81. The number of amides is 3. The van der Waals surface area contributed by atoms with Gasteiger partial charge in [0.05, 0.1) is 18.0 Å². The van der Waals surface area contributed by atoms with Crippen LogP contribution in [0.2, 0.25) is 10.0 Å². The fourth-order valence-corrected chi connectivity index (χ4v) is 7.03. The average molecular weight is 569 g/mol. The van der Waals surface area contributed by atoms with Crippen LogP contribution < -0.4 is 5.73 Å². The van der Waals surface area contributed by atoms with E-state index in [4.69, 9.17) is 28.9 Å². The summed E-state index contributed by atoms with van der Waals surface area (Å²) in [5, 5.41) is -0.0122. The second-order valence-corrected chi connectivity index (χ2v) is 11.7. The van der Waals surface area contributed by atoms with Crippen molar-refractivity contribution >= 4 is 50.9 Å². The van der Waals surface area contributed by atoms with Crippen LogP contribution in [-0.4, -0.2) is 71.1 Å². The Bertz CT molecular complexity index is 1370. The van der Waals surface area contributed by atoms with Gasteiger partial charge in [-0.2, -0.15) is 4.31 Å². The predicted octanol–water partition coefficient (Wildman–Crippen LogP) is 2.09. The van der Waals surface area contributed by atoms with Crippen molar-refractivity contribution in [2.24, 2.45) is 5.73 Å². The lowest BCUT2D eigenvalue weighted by molar-refractivity contribution is -0.182. The van der Waals surface area contributed by atoms with Crippen molar-refractivity contribution in [1.82, 2.24) is 14.1 Å². The van der Waals surface area contributed by atoms with E-state index in [-0.39, 0.29) is 21.4 Å². The SMILES string of the molecule is CC(C)N1CC2(C(N)=O)N(C(=O)[C]CN2S(=O)(=O)c2ccc(Cl)cc2Cl)C(Cc2ccc(F)cc2)C1=O. The van der Waals surface area contributed by atoms with Crippen LogP contribution >= 0.6 is 23.2 Å². The molecule has 0 aromatic heterocycles. The van der Waals surface area contributed by atoms with Crippen LogP contribution in [0.5, 0.6) is 0 Å². The molecule has 0 spiro atoms. The minimum atomic E-state index is -4.58. The van der Waals surface area contributed by atoms with Crippen LogP contribution in [0.15, 0.2) is 47.4 Å². The number of halogens is 3. The molecular weight excluding hydrogens is 546 g/mol. The van der Waals surface area contributed by atoms with Gasteiger partial charge >= 0.3 is 0 Å². The smallest absolute Gasteiger partial charge is 0.261 e. The number of primary amides is 1. The normalized spacial score (nSPS) is 22.9. The quantitative estimate of drug-likeness (QED) is 0.572. The monoisotopic (exact) mass is 568 g/mol. The highest BCUT2D eigenvalue weighted by Crippen LogP contribution is 2.40. The number of hydrogen-bond donors (Lipinski definition) is 1. The molecule has 2 atom stereocenters. The molecular formula is C24H23Cl2FN4O5S.